The molecular formula is C10H22O3Si. The first-order valence-electron chi connectivity index (χ1n) is 5.50. The highest BCUT2D eigenvalue weighted by Crippen LogP contribution is 2.28. The third-order valence-electron chi connectivity index (χ3n) is 2.79. The molecule has 0 aromatic rings. The Morgan fingerprint density at radius 3 is 2.79 bits per heavy atom. The van der Waals surface area contributed by atoms with E-state index in [1.807, 2.05) is 0 Å². The van der Waals surface area contributed by atoms with Gasteiger partial charge in [-0.3, -0.25) is 0 Å². The lowest BCUT2D eigenvalue weighted by molar-refractivity contribution is 0.0612. The molecule has 1 fully saturated rings. The van der Waals surface area contributed by atoms with Gasteiger partial charge in [0.2, 0.25) is 0 Å². The summed E-state index contributed by atoms with van der Waals surface area (Å²) in [7, 11) is -1.42. The Morgan fingerprint density at radius 2 is 2.21 bits per heavy atom. The summed E-state index contributed by atoms with van der Waals surface area (Å²) >= 11 is 0. The molecule has 0 spiro atoms. The quantitative estimate of drug-likeness (QED) is 0.703. The Balaban J connectivity index is 2.30. The number of aliphatic hydroxyl groups is 2. The van der Waals surface area contributed by atoms with Crippen molar-refractivity contribution in [3.05, 3.63) is 0 Å². The molecule has 0 amide bonds. The Labute approximate surface area is 87.2 Å². The summed E-state index contributed by atoms with van der Waals surface area (Å²) in [5.74, 6) is 0. The summed E-state index contributed by atoms with van der Waals surface area (Å²) in [5, 5.41) is 18.2. The number of hydrogen-bond donors (Lipinski definition) is 2. The normalized spacial score (nSPS) is 28.7. The van der Waals surface area contributed by atoms with Crippen LogP contribution in [0.25, 0.3) is 0 Å². The second kappa shape index (κ2) is 5.26. The summed E-state index contributed by atoms with van der Waals surface area (Å²) in [5.41, 5.74) is 0. The maximum absolute atomic E-state index is 9.55. The van der Waals surface area contributed by atoms with Gasteiger partial charge in [0.1, 0.15) is 0 Å². The standard InChI is InChI=1S/C10H22O3Si/c1-14(2)7-3-4-10(13-14)8-9(12)5-6-11/h9-12H,3-8H2,1-2H3. The van der Waals surface area contributed by atoms with E-state index in [0.29, 0.717) is 12.8 Å². The Kier molecular flexibility index (Phi) is 4.57. The van der Waals surface area contributed by atoms with Crippen molar-refractivity contribution in [3.63, 3.8) is 0 Å². The zero-order valence-corrected chi connectivity index (χ0v) is 10.2. The second-order valence-electron chi connectivity index (χ2n) is 4.79. The van der Waals surface area contributed by atoms with Gasteiger partial charge in [-0.1, -0.05) is 6.42 Å². The monoisotopic (exact) mass is 218 g/mol. The Bertz CT molecular complexity index is 173. The SMILES string of the molecule is C[Si]1(C)CCCC(CC(O)CCO)O1. The minimum atomic E-state index is -1.42. The molecule has 4 heteroatoms. The molecule has 0 radical (unpaired) electrons. The predicted molar refractivity (Wildman–Crippen MR) is 58.7 cm³/mol. The van der Waals surface area contributed by atoms with Gasteiger partial charge in [-0.2, -0.15) is 0 Å². The highest BCUT2D eigenvalue weighted by atomic mass is 28.4. The van der Waals surface area contributed by atoms with Gasteiger partial charge in [-0.05, 0) is 38.4 Å². The molecule has 0 aliphatic carbocycles. The van der Waals surface area contributed by atoms with Crippen LogP contribution in [0.4, 0.5) is 0 Å². The van der Waals surface area contributed by atoms with Gasteiger partial charge in [0, 0.05) is 12.7 Å². The molecule has 3 nitrogen and oxygen atoms in total. The van der Waals surface area contributed by atoms with E-state index < -0.39 is 14.4 Å². The highest BCUT2D eigenvalue weighted by molar-refractivity contribution is 6.71. The molecular weight excluding hydrogens is 196 g/mol. The number of rotatable bonds is 4. The average Bonchev–Trinajstić information content (AvgIpc) is 2.02. The number of hydrogen-bond acceptors (Lipinski definition) is 3. The zero-order chi connectivity index (χ0) is 10.6. The molecule has 0 bridgehead atoms. The third-order valence-corrected chi connectivity index (χ3v) is 5.32. The first-order chi connectivity index (χ1) is 6.53. The minimum Gasteiger partial charge on any atom is -0.414 e. The van der Waals surface area contributed by atoms with E-state index in [0.717, 1.165) is 6.42 Å². The van der Waals surface area contributed by atoms with Crippen LogP contribution in [-0.4, -0.2) is 37.3 Å². The molecule has 0 aromatic heterocycles. The molecule has 1 saturated heterocycles. The molecule has 1 aliphatic rings. The molecule has 1 aliphatic heterocycles. The summed E-state index contributed by atoms with van der Waals surface area (Å²) in [4.78, 5) is 0. The molecule has 14 heavy (non-hydrogen) atoms. The van der Waals surface area contributed by atoms with Gasteiger partial charge in [-0.25, -0.2) is 0 Å². The summed E-state index contributed by atoms with van der Waals surface area (Å²) < 4.78 is 5.99. The summed E-state index contributed by atoms with van der Waals surface area (Å²) in [6.07, 6.45) is 3.30. The zero-order valence-electron chi connectivity index (χ0n) is 9.20. The lowest BCUT2D eigenvalue weighted by Gasteiger charge is -2.35. The second-order valence-corrected chi connectivity index (χ2v) is 9.05. The van der Waals surface area contributed by atoms with Gasteiger partial charge in [0.25, 0.3) is 0 Å². The highest BCUT2D eigenvalue weighted by Gasteiger charge is 2.31. The molecule has 84 valence electrons. The van der Waals surface area contributed by atoms with Crippen LogP contribution in [0, 0.1) is 0 Å². The fraction of sp³-hybridized carbons (Fsp3) is 1.00. The van der Waals surface area contributed by atoms with Gasteiger partial charge in [0.05, 0.1) is 6.10 Å². The smallest absolute Gasteiger partial charge is 0.187 e. The predicted octanol–water partition coefficient (Wildman–Crippen LogP) is 1.50. The van der Waals surface area contributed by atoms with Crippen molar-refractivity contribution in [1.82, 2.24) is 0 Å². The van der Waals surface area contributed by atoms with E-state index in [9.17, 15) is 5.11 Å². The fourth-order valence-electron chi connectivity index (χ4n) is 2.06. The lowest BCUT2D eigenvalue weighted by atomic mass is 10.1. The number of aliphatic hydroxyl groups excluding tert-OH is 2. The van der Waals surface area contributed by atoms with E-state index >= 15 is 0 Å². The van der Waals surface area contributed by atoms with Gasteiger partial charge in [0.15, 0.2) is 8.32 Å². The van der Waals surface area contributed by atoms with E-state index in [-0.39, 0.29) is 12.7 Å². The van der Waals surface area contributed by atoms with Crippen molar-refractivity contribution in [2.24, 2.45) is 0 Å². The molecule has 0 aromatic carbocycles. The fourth-order valence-corrected chi connectivity index (χ4v) is 4.35. The molecule has 2 N–H and O–H groups in total. The van der Waals surface area contributed by atoms with Crippen molar-refractivity contribution in [1.29, 1.82) is 0 Å². The first-order valence-corrected chi connectivity index (χ1v) is 8.62. The average molecular weight is 218 g/mol. The van der Waals surface area contributed by atoms with E-state index in [2.05, 4.69) is 13.1 Å². The van der Waals surface area contributed by atoms with Crippen molar-refractivity contribution in [2.45, 2.75) is 57.0 Å². The summed E-state index contributed by atoms with van der Waals surface area (Å²) in [6.45, 7) is 4.53. The van der Waals surface area contributed by atoms with E-state index in [4.69, 9.17) is 9.53 Å². The molecule has 0 saturated carbocycles. The van der Waals surface area contributed by atoms with Gasteiger partial charge >= 0.3 is 0 Å². The van der Waals surface area contributed by atoms with Gasteiger partial charge in [-0.15, -0.1) is 0 Å². The maximum atomic E-state index is 9.55. The van der Waals surface area contributed by atoms with E-state index in [1.165, 1.54) is 12.5 Å². The van der Waals surface area contributed by atoms with Crippen LogP contribution in [0.1, 0.15) is 25.7 Å². The van der Waals surface area contributed by atoms with Crippen LogP contribution in [0.3, 0.4) is 0 Å². The van der Waals surface area contributed by atoms with Crippen LogP contribution in [0.5, 0.6) is 0 Å². The van der Waals surface area contributed by atoms with Gasteiger partial charge < -0.3 is 14.6 Å². The van der Waals surface area contributed by atoms with Crippen LogP contribution in [0.2, 0.25) is 19.1 Å². The third kappa shape index (κ3) is 4.08. The molecule has 2 unspecified atom stereocenters. The van der Waals surface area contributed by atoms with Crippen molar-refractivity contribution in [3.8, 4) is 0 Å². The molecule has 1 heterocycles. The topological polar surface area (TPSA) is 49.7 Å². The van der Waals surface area contributed by atoms with Crippen molar-refractivity contribution in [2.75, 3.05) is 6.61 Å². The minimum absolute atomic E-state index is 0.0642. The van der Waals surface area contributed by atoms with Crippen LogP contribution in [-0.2, 0) is 4.43 Å². The Morgan fingerprint density at radius 1 is 1.50 bits per heavy atom. The van der Waals surface area contributed by atoms with Crippen LogP contribution < -0.4 is 0 Å². The molecule has 1 rings (SSSR count). The van der Waals surface area contributed by atoms with E-state index in [1.54, 1.807) is 0 Å². The van der Waals surface area contributed by atoms with Crippen LogP contribution >= 0.6 is 0 Å². The Hall–Kier alpha value is 0.0969. The summed E-state index contributed by atoms with van der Waals surface area (Å²) in [6, 6.07) is 1.24. The van der Waals surface area contributed by atoms with Crippen LogP contribution in [0.15, 0.2) is 0 Å². The lowest BCUT2D eigenvalue weighted by Crippen LogP contribution is -2.40. The first kappa shape index (κ1) is 12.2. The molecule has 2 atom stereocenters. The maximum Gasteiger partial charge on any atom is 0.187 e. The largest absolute Gasteiger partial charge is 0.414 e. The van der Waals surface area contributed by atoms with Crippen molar-refractivity contribution >= 4 is 8.32 Å². The van der Waals surface area contributed by atoms with Crippen molar-refractivity contribution < 1.29 is 14.6 Å².